The minimum absolute atomic E-state index is 0. The van der Waals surface area contributed by atoms with Gasteiger partial charge in [-0.25, -0.2) is 6.08 Å². The number of hydrogen-bond donors (Lipinski definition) is 0. The third-order valence-corrected chi connectivity index (χ3v) is 3.73. The zero-order valence-corrected chi connectivity index (χ0v) is 15.0. The third-order valence-electron chi connectivity index (χ3n) is 2.50. The average Bonchev–Trinajstić information content (AvgIpc) is 2.28. The Bertz CT molecular complexity index is 446. The van der Waals surface area contributed by atoms with E-state index in [-0.39, 0.29) is 42.5 Å². The van der Waals surface area contributed by atoms with Crippen molar-refractivity contribution in [1.82, 2.24) is 4.90 Å². The minimum Gasteiger partial charge on any atom is -0.350 e. The molecule has 2 rings (SSSR count). The number of carbonyl (C=O) groups is 1. The number of rotatable bonds is 1. The molecule has 2 nitrogen and oxygen atoms in total. The Labute approximate surface area is 145 Å². The summed E-state index contributed by atoms with van der Waals surface area (Å²) in [5.41, 5.74) is 1.82. The van der Waals surface area contributed by atoms with Crippen molar-refractivity contribution in [1.29, 1.82) is 0 Å². The van der Waals surface area contributed by atoms with Gasteiger partial charge in [0.25, 0.3) is 0 Å². The fourth-order valence-electron chi connectivity index (χ4n) is 1.62. The second kappa shape index (κ2) is 6.64. The predicted molar refractivity (Wildman–Crippen MR) is 73.3 cm³/mol. The van der Waals surface area contributed by atoms with E-state index < -0.39 is 0 Å². The number of allylic oxidation sites excluding steroid dienone is 1. The first-order chi connectivity index (χ1) is 7.59. The van der Waals surface area contributed by atoms with Crippen LogP contribution >= 0.6 is 34.2 Å². The third kappa shape index (κ3) is 3.52. The Morgan fingerprint density at radius 1 is 1.41 bits per heavy atom. The Morgan fingerprint density at radius 3 is 2.59 bits per heavy atom. The first-order valence-corrected chi connectivity index (χ1v) is 6.50. The summed E-state index contributed by atoms with van der Waals surface area (Å²) in [4.78, 5) is 13.5. The standard InChI is InChI=1S/C12H10ClINO.Y/c1-15-11(7-6-10(14)12(15)16)8-2-4-9(13)5-3-8;/h2-5,10H,6H2,1H3;/q-1;. The first kappa shape index (κ1) is 15.6. The van der Waals surface area contributed by atoms with Crippen LogP contribution in [0.15, 0.2) is 24.3 Å². The van der Waals surface area contributed by atoms with Gasteiger partial charge in [0, 0.05) is 44.8 Å². The Morgan fingerprint density at radius 2 is 2.00 bits per heavy atom. The summed E-state index contributed by atoms with van der Waals surface area (Å²) in [5, 5.41) is 0.695. The molecule has 1 atom stereocenters. The van der Waals surface area contributed by atoms with Gasteiger partial charge >= 0.3 is 0 Å². The van der Waals surface area contributed by atoms with E-state index in [2.05, 4.69) is 28.7 Å². The molecular formula is C12H10ClINOY-. The summed E-state index contributed by atoms with van der Waals surface area (Å²) >= 11 is 7.97. The van der Waals surface area contributed by atoms with Crippen LogP contribution in [0, 0.1) is 6.08 Å². The largest absolute Gasteiger partial charge is 0.350 e. The van der Waals surface area contributed by atoms with Gasteiger partial charge in [-0.2, -0.15) is 5.56 Å². The van der Waals surface area contributed by atoms with Gasteiger partial charge in [0.2, 0.25) is 5.91 Å². The molecule has 87 valence electrons. The average molecular weight is 435 g/mol. The molecule has 1 unspecified atom stereocenters. The van der Waals surface area contributed by atoms with Gasteiger partial charge in [-0.15, -0.1) is 17.8 Å². The number of nitrogens with zero attached hydrogens (tertiary/aromatic N) is 1. The number of alkyl halides is 1. The van der Waals surface area contributed by atoms with Crippen molar-refractivity contribution in [3.8, 4) is 0 Å². The van der Waals surface area contributed by atoms with Crippen LogP contribution in [0.25, 0.3) is 5.70 Å². The van der Waals surface area contributed by atoms with Crippen LogP contribution in [0.1, 0.15) is 12.0 Å². The molecule has 1 aliphatic rings. The van der Waals surface area contributed by atoms with Crippen molar-refractivity contribution in [3.05, 3.63) is 40.9 Å². The van der Waals surface area contributed by atoms with E-state index in [1.807, 2.05) is 24.3 Å². The second-order valence-corrected chi connectivity index (χ2v) is 5.54. The molecule has 1 heterocycles. The van der Waals surface area contributed by atoms with Gasteiger partial charge in [0.05, 0.1) is 3.92 Å². The molecule has 17 heavy (non-hydrogen) atoms. The molecule has 0 bridgehead atoms. The smallest absolute Gasteiger partial charge is 0.235 e. The topological polar surface area (TPSA) is 20.3 Å². The quantitative estimate of drug-likeness (QED) is 0.377. The van der Waals surface area contributed by atoms with Crippen LogP contribution in [0.5, 0.6) is 0 Å². The van der Waals surface area contributed by atoms with E-state index in [4.69, 9.17) is 11.6 Å². The van der Waals surface area contributed by atoms with Crippen molar-refractivity contribution in [2.75, 3.05) is 7.05 Å². The van der Waals surface area contributed by atoms with Crippen LogP contribution in [0.4, 0.5) is 0 Å². The SMILES string of the molecule is CN1C(=O)C(I)C[C-]=C1c1ccc(Cl)cc1.[Y]. The Kier molecular flexibility index (Phi) is 6.10. The predicted octanol–water partition coefficient (Wildman–Crippen LogP) is 3.15. The normalized spacial score (nSPS) is 19.7. The van der Waals surface area contributed by atoms with E-state index in [1.54, 1.807) is 11.9 Å². The van der Waals surface area contributed by atoms with E-state index >= 15 is 0 Å². The number of benzene rings is 1. The van der Waals surface area contributed by atoms with Crippen LogP contribution in [-0.4, -0.2) is 21.8 Å². The van der Waals surface area contributed by atoms with Crippen molar-refractivity contribution in [3.63, 3.8) is 0 Å². The molecule has 1 aliphatic heterocycles. The number of hydrogen-bond acceptors (Lipinski definition) is 1. The second-order valence-electron chi connectivity index (χ2n) is 3.60. The molecule has 0 aliphatic carbocycles. The summed E-state index contributed by atoms with van der Waals surface area (Å²) in [6, 6.07) is 7.45. The summed E-state index contributed by atoms with van der Waals surface area (Å²) in [5.74, 6) is 0.129. The molecule has 0 saturated carbocycles. The molecule has 1 aromatic rings. The molecular weight excluding hydrogens is 425 g/mol. The van der Waals surface area contributed by atoms with E-state index in [1.165, 1.54) is 0 Å². The van der Waals surface area contributed by atoms with E-state index in [9.17, 15) is 4.79 Å². The Balaban J connectivity index is 0.00000144. The van der Waals surface area contributed by atoms with Gasteiger partial charge in [0.15, 0.2) is 0 Å². The molecule has 1 amide bonds. The molecule has 0 spiro atoms. The zero-order valence-electron chi connectivity index (χ0n) is 9.28. The van der Waals surface area contributed by atoms with Gasteiger partial charge in [0.1, 0.15) is 0 Å². The van der Waals surface area contributed by atoms with Crippen LogP contribution in [0.3, 0.4) is 0 Å². The van der Waals surface area contributed by atoms with E-state index in [0.29, 0.717) is 11.4 Å². The monoisotopic (exact) mass is 435 g/mol. The van der Waals surface area contributed by atoms with Crippen molar-refractivity contribution < 1.29 is 37.5 Å². The van der Waals surface area contributed by atoms with Crippen molar-refractivity contribution >= 4 is 45.8 Å². The number of amides is 1. The molecule has 0 saturated heterocycles. The number of halogens is 2. The number of carbonyl (C=O) groups excluding carboxylic acids is 1. The zero-order chi connectivity index (χ0) is 11.7. The summed E-state index contributed by atoms with van der Waals surface area (Å²) in [6.07, 6.45) is 3.92. The van der Waals surface area contributed by atoms with Crippen molar-refractivity contribution in [2.45, 2.75) is 10.3 Å². The first-order valence-electron chi connectivity index (χ1n) is 4.88. The van der Waals surface area contributed by atoms with Gasteiger partial charge in [-0.05, 0) is 0 Å². The van der Waals surface area contributed by atoms with Gasteiger partial charge < -0.3 is 4.90 Å². The fourth-order valence-corrected chi connectivity index (χ4v) is 2.38. The van der Waals surface area contributed by atoms with Crippen LogP contribution in [0.2, 0.25) is 5.02 Å². The van der Waals surface area contributed by atoms with Crippen LogP contribution < -0.4 is 0 Å². The molecule has 1 aromatic carbocycles. The van der Waals surface area contributed by atoms with E-state index in [0.717, 1.165) is 11.3 Å². The maximum atomic E-state index is 11.8. The Hall–Kier alpha value is 0.554. The summed E-state index contributed by atoms with van der Waals surface area (Å²) < 4.78 is -0.00125. The maximum Gasteiger partial charge on any atom is 0.235 e. The molecule has 0 aromatic heterocycles. The molecule has 5 heteroatoms. The van der Waals surface area contributed by atoms with Crippen LogP contribution in [-0.2, 0) is 37.5 Å². The maximum absolute atomic E-state index is 11.8. The molecule has 1 radical (unpaired) electrons. The molecule has 0 N–H and O–H groups in total. The minimum atomic E-state index is -0.00125. The summed E-state index contributed by atoms with van der Waals surface area (Å²) in [6.45, 7) is 0. The van der Waals surface area contributed by atoms with Gasteiger partial charge in [-0.1, -0.05) is 52.7 Å². The summed E-state index contributed by atoms with van der Waals surface area (Å²) in [7, 11) is 1.78. The fraction of sp³-hybridized carbons (Fsp3) is 0.250. The van der Waals surface area contributed by atoms with Gasteiger partial charge in [-0.3, -0.25) is 4.79 Å². The van der Waals surface area contributed by atoms with Crippen molar-refractivity contribution in [2.24, 2.45) is 0 Å². The molecule has 0 fully saturated rings.